The van der Waals surface area contributed by atoms with E-state index in [1.54, 1.807) is 24.3 Å². The van der Waals surface area contributed by atoms with Gasteiger partial charge in [-0.25, -0.2) is 4.68 Å². The van der Waals surface area contributed by atoms with Gasteiger partial charge in [-0.3, -0.25) is 9.59 Å². The molecular formula is C21H22N4O2. The molecule has 0 spiro atoms. The van der Waals surface area contributed by atoms with Crippen molar-refractivity contribution in [1.82, 2.24) is 20.3 Å². The number of fused-ring (bicyclic) bond motifs is 2. The molecule has 1 aliphatic rings. The van der Waals surface area contributed by atoms with Crippen LogP contribution in [0.15, 0.2) is 47.3 Å². The number of aromatic nitrogens is 3. The molecule has 0 fully saturated rings. The van der Waals surface area contributed by atoms with Gasteiger partial charge in [-0.05, 0) is 61.4 Å². The summed E-state index contributed by atoms with van der Waals surface area (Å²) in [4.78, 5) is 24.9. The van der Waals surface area contributed by atoms with Gasteiger partial charge in [0.1, 0.15) is 12.1 Å². The molecule has 6 nitrogen and oxygen atoms in total. The zero-order valence-electron chi connectivity index (χ0n) is 15.3. The number of nitrogens with zero attached hydrogens (tertiary/aromatic N) is 3. The summed E-state index contributed by atoms with van der Waals surface area (Å²) in [7, 11) is 0. The standard InChI is InChI=1S/C21H22N4O2/c1-14(16-11-10-15-6-2-3-7-17(15)12-16)22-20(26)13-25-21(27)18-8-4-5-9-19(18)23-24-25/h4-5,8-12,14H,2-3,6-7,13H2,1H3,(H,22,26). The molecule has 27 heavy (non-hydrogen) atoms. The Morgan fingerprint density at radius 3 is 2.78 bits per heavy atom. The third kappa shape index (κ3) is 3.60. The Labute approximate surface area is 157 Å². The van der Waals surface area contributed by atoms with Gasteiger partial charge in [0, 0.05) is 0 Å². The lowest BCUT2D eigenvalue weighted by atomic mass is 9.89. The van der Waals surface area contributed by atoms with Crippen LogP contribution in [0.25, 0.3) is 10.9 Å². The molecule has 1 unspecified atom stereocenters. The summed E-state index contributed by atoms with van der Waals surface area (Å²) >= 11 is 0. The smallest absolute Gasteiger partial charge is 0.278 e. The number of amides is 1. The van der Waals surface area contributed by atoms with Crippen LogP contribution in [0.3, 0.4) is 0 Å². The van der Waals surface area contributed by atoms with Crippen LogP contribution in [0.2, 0.25) is 0 Å². The summed E-state index contributed by atoms with van der Waals surface area (Å²) in [5.41, 5.74) is 4.11. The highest BCUT2D eigenvalue weighted by atomic mass is 16.2. The maximum Gasteiger partial charge on any atom is 0.278 e. The Morgan fingerprint density at radius 2 is 1.93 bits per heavy atom. The van der Waals surface area contributed by atoms with Gasteiger partial charge in [0.25, 0.3) is 5.56 Å². The normalized spacial score (nSPS) is 14.6. The average Bonchev–Trinajstić information content (AvgIpc) is 2.70. The van der Waals surface area contributed by atoms with E-state index in [0.29, 0.717) is 10.9 Å². The van der Waals surface area contributed by atoms with Gasteiger partial charge < -0.3 is 5.32 Å². The first-order valence-electron chi connectivity index (χ1n) is 9.35. The summed E-state index contributed by atoms with van der Waals surface area (Å²) in [6.07, 6.45) is 4.72. The highest BCUT2D eigenvalue weighted by molar-refractivity contribution is 5.78. The minimum atomic E-state index is -0.308. The van der Waals surface area contributed by atoms with Gasteiger partial charge in [-0.15, -0.1) is 5.10 Å². The van der Waals surface area contributed by atoms with Gasteiger partial charge in [0.2, 0.25) is 5.91 Å². The van der Waals surface area contributed by atoms with E-state index < -0.39 is 0 Å². The van der Waals surface area contributed by atoms with Crippen molar-refractivity contribution in [3.05, 3.63) is 69.5 Å². The zero-order valence-corrected chi connectivity index (χ0v) is 15.3. The first kappa shape index (κ1) is 17.4. The number of carbonyl (C=O) groups is 1. The van der Waals surface area contributed by atoms with E-state index in [9.17, 15) is 9.59 Å². The van der Waals surface area contributed by atoms with Crippen LogP contribution in [0.5, 0.6) is 0 Å². The van der Waals surface area contributed by atoms with Gasteiger partial charge in [0.05, 0.1) is 11.4 Å². The molecule has 3 aromatic rings. The Hall–Kier alpha value is -3.02. The number of carbonyl (C=O) groups excluding carboxylic acids is 1. The third-order valence-corrected chi connectivity index (χ3v) is 5.17. The number of hydrogen-bond donors (Lipinski definition) is 1. The predicted octanol–water partition coefficient (Wildman–Crippen LogP) is 2.55. The maximum absolute atomic E-state index is 12.5. The number of nitrogens with one attached hydrogen (secondary N) is 1. The topological polar surface area (TPSA) is 76.9 Å². The molecular weight excluding hydrogens is 340 g/mol. The van der Waals surface area contributed by atoms with Gasteiger partial charge >= 0.3 is 0 Å². The first-order valence-corrected chi connectivity index (χ1v) is 9.35. The van der Waals surface area contributed by atoms with Gasteiger partial charge in [-0.1, -0.05) is 35.5 Å². The van der Waals surface area contributed by atoms with Crippen LogP contribution in [0, 0.1) is 0 Å². The van der Waals surface area contributed by atoms with Crippen molar-refractivity contribution in [3.8, 4) is 0 Å². The lowest BCUT2D eigenvalue weighted by Crippen LogP contribution is -2.35. The lowest BCUT2D eigenvalue weighted by molar-refractivity contribution is -0.122. The fourth-order valence-corrected chi connectivity index (χ4v) is 3.66. The van der Waals surface area contributed by atoms with Crippen molar-refractivity contribution in [2.24, 2.45) is 0 Å². The van der Waals surface area contributed by atoms with E-state index in [0.717, 1.165) is 23.1 Å². The molecule has 2 aromatic carbocycles. The van der Waals surface area contributed by atoms with Crippen molar-refractivity contribution in [3.63, 3.8) is 0 Å². The Morgan fingerprint density at radius 1 is 1.15 bits per heavy atom. The van der Waals surface area contributed by atoms with E-state index in [1.165, 1.54) is 24.0 Å². The van der Waals surface area contributed by atoms with Crippen LogP contribution in [-0.4, -0.2) is 20.9 Å². The largest absolute Gasteiger partial charge is 0.348 e. The molecule has 4 rings (SSSR count). The van der Waals surface area contributed by atoms with Crippen molar-refractivity contribution in [2.75, 3.05) is 0 Å². The Balaban J connectivity index is 1.48. The van der Waals surface area contributed by atoms with Gasteiger partial charge in [-0.2, -0.15) is 0 Å². The second-order valence-electron chi connectivity index (χ2n) is 7.09. The van der Waals surface area contributed by atoms with E-state index >= 15 is 0 Å². The second kappa shape index (κ2) is 7.31. The van der Waals surface area contributed by atoms with Crippen LogP contribution >= 0.6 is 0 Å². The van der Waals surface area contributed by atoms with Crippen molar-refractivity contribution >= 4 is 16.8 Å². The second-order valence-corrected chi connectivity index (χ2v) is 7.09. The monoisotopic (exact) mass is 362 g/mol. The number of rotatable bonds is 4. The molecule has 0 aliphatic heterocycles. The van der Waals surface area contributed by atoms with E-state index in [4.69, 9.17) is 0 Å². The fraction of sp³-hybridized carbons (Fsp3) is 0.333. The SMILES string of the molecule is CC(NC(=O)Cn1nnc2ccccc2c1=O)c1ccc2c(c1)CCCC2. The predicted molar refractivity (Wildman–Crippen MR) is 103 cm³/mol. The van der Waals surface area contributed by atoms with E-state index in [-0.39, 0.29) is 24.1 Å². The summed E-state index contributed by atoms with van der Waals surface area (Å²) in [6, 6.07) is 13.3. The van der Waals surface area contributed by atoms with Crippen LogP contribution in [0.1, 0.15) is 42.5 Å². The summed E-state index contributed by atoms with van der Waals surface area (Å²) < 4.78 is 1.11. The molecule has 0 saturated carbocycles. The molecule has 1 N–H and O–H groups in total. The highest BCUT2D eigenvalue weighted by Crippen LogP contribution is 2.24. The number of aryl methyl sites for hydroxylation is 2. The molecule has 1 amide bonds. The van der Waals surface area contributed by atoms with Crippen molar-refractivity contribution in [1.29, 1.82) is 0 Å². The van der Waals surface area contributed by atoms with Crippen molar-refractivity contribution in [2.45, 2.75) is 45.2 Å². The quantitative estimate of drug-likeness (QED) is 0.774. The molecule has 1 aromatic heterocycles. The number of benzene rings is 2. The number of hydrogen-bond acceptors (Lipinski definition) is 4. The van der Waals surface area contributed by atoms with Gasteiger partial charge in [0.15, 0.2) is 0 Å². The Kier molecular flexibility index (Phi) is 4.71. The van der Waals surface area contributed by atoms with Crippen LogP contribution in [0.4, 0.5) is 0 Å². The first-order chi connectivity index (χ1) is 13.1. The third-order valence-electron chi connectivity index (χ3n) is 5.17. The molecule has 1 heterocycles. The average molecular weight is 362 g/mol. The summed E-state index contributed by atoms with van der Waals surface area (Å²) in [5, 5.41) is 11.3. The minimum absolute atomic E-state index is 0.131. The Bertz CT molecular complexity index is 1060. The van der Waals surface area contributed by atoms with Crippen LogP contribution in [-0.2, 0) is 24.2 Å². The molecule has 1 atom stereocenters. The molecule has 0 saturated heterocycles. The van der Waals surface area contributed by atoms with Crippen LogP contribution < -0.4 is 10.9 Å². The fourth-order valence-electron chi connectivity index (χ4n) is 3.66. The van der Waals surface area contributed by atoms with E-state index in [2.05, 4.69) is 33.8 Å². The molecule has 0 radical (unpaired) electrons. The summed E-state index contributed by atoms with van der Waals surface area (Å²) in [5.74, 6) is -0.257. The van der Waals surface area contributed by atoms with Crippen molar-refractivity contribution < 1.29 is 4.79 Å². The maximum atomic E-state index is 12.5. The highest BCUT2D eigenvalue weighted by Gasteiger charge is 2.15. The summed E-state index contributed by atoms with van der Waals surface area (Å²) in [6.45, 7) is 1.81. The molecule has 6 heteroatoms. The lowest BCUT2D eigenvalue weighted by Gasteiger charge is -2.20. The molecule has 138 valence electrons. The van der Waals surface area contributed by atoms with E-state index in [1.807, 2.05) is 6.92 Å². The molecule has 0 bridgehead atoms. The minimum Gasteiger partial charge on any atom is -0.348 e. The molecule has 1 aliphatic carbocycles. The zero-order chi connectivity index (χ0) is 18.8.